The molecule has 2 aromatic rings. The van der Waals surface area contributed by atoms with Crippen LogP contribution in [0.25, 0.3) is 11.1 Å². The van der Waals surface area contributed by atoms with E-state index in [1.54, 1.807) is 0 Å². The maximum absolute atomic E-state index is 14.4. The third kappa shape index (κ3) is 4.72. The number of carbonyl (C=O) groups is 3. The molecule has 2 aliphatic rings. The molecule has 4 rings (SSSR count). The molecule has 8 nitrogen and oxygen atoms in total. The second-order valence-corrected chi connectivity index (χ2v) is 8.68. The van der Waals surface area contributed by atoms with Gasteiger partial charge in [-0.25, -0.2) is 9.59 Å². The quantitative estimate of drug-likeness (QED) is 0.610. The summed E-state index contributed by atoms with van der Waals surface area (Å²) in [6, 6.07) is 15.5. The van der Waals surface area contributed by atoms with Crippen LogP contribution in [-0.4, -0.2) is 72.3 Å². The number of fused-ring (bicyclic) bond motifs is 3. The molecular formula is C24H24F2N2O6. The van der Waals surface area contributed by atoms with Crippen molar-refractivity contribution >= 4 is 18.0 Å². The number of hydrogen-bond acceptors (Lipinski definition) is 5. The lowest BCUT2D eigenvalue weighted by atomic mass is 9.95. The fourth-order valence-electron chi connectivity index (χ4n) is 4.37. The number of amides is 2. The van der Waals surface area contributed by atoms with Crippen LogP contribution in [-0.2, 0) is 19.1 Å². The minimum absolute atomic E-state index is 0.0369. The number of rotatable bonds is 8. The second kappa shape index (κ2) is 9.02. The van der Waals surface area contributed by atoms with Gasteiger partial charge in [-0.05, 0) is 29.2 Å². The fraction of sp³-hybridized carbons (Fsp3) is 0.375. The predicted octanol–water partition coefficient (Wildman–Crippen LogP) is 2.86. The lowest BCUT2D eigenvalue weighted by molar-refractivity contribution is -0.188. The minimum atomic E-state index is -3.85. The van der Waals surface area contributed by atoms with E-state index >= 15 is 0 Å². The summed E-state index contributed by atoms with van der Waals surface area (Å²) in [5, 5.41) is 10.6. The highest BCUT2D eigenvalue weighted by Crippen LogP contribution is 2.44. The first-order chi connectivity index (χ1) is 16.1. The Morgan fingerprint density at radius 2 is 1.65 bits per heavy atom. The van der Waals surface area contributed by atoms with Crippen LogP contribution in [0, 0.1) is 0 Å². The summed E-state index contributed by atoms with van der Waals surface area (Å²) in [7, 11) is 0. The monoisotopic (exact) mass is 474 g/mol. The first kappa shape index (κ1) is 23.6. The van der Waals surface area contributed by atoms with Crippen LogP contribution in [0.15, 0.2) is 48.5 Å². The fourth-order valence-corrected chi connectivity index (χ4v) is 4.37. The summed E-state index contributed by atoms with van der Waals surface area (Å²) in [4.78, 5) is 35.7. The van der Waals surface area contributed by atoms with Crippen LogP contribution in [0.5, 0.6) is 0 Å². The number of aliphatic carboxylic acids is 1. The van der Waals surface area contributed by atoms with E-state index in [0.29, 0.717) is 0 Å². The molecule has 0 aromatic heterocycles. The van der Waals surface area contributed by atoms with E-state index in [1.807, 2.05) is 53.8 Å². The maximum atomic E-state index is 14.4. The van der Waals surface area contributed by atoms with Gasteiger partial charge < -0.3 is 24.8 Å². The van der Waals surface area contributed by atoms with Crippen LogP contribution in [0.1, 0.15) is 24.0 Å². The van der Waals surface area contributed by atoms with Crippen molar-refractivity contribution in [3.8, 4) is 11.1 Å². The number of nitrogens with one attached hydrogen (secondary N) is 1. The SMILES string of the molecule is CC1(OCC(=O)O)CN(C(=O)C(F)(F)CNC(=O)OCC2c3ccccc3-c3ccccc32)C1. The molecule has 0 unspecified atom stereocenters. The predicted molar refractivity (Wildman–Crippen MR) is 117 cm³/mol. The summed E-state index contributed by atoms with van der Waals surface area (Å²) in [5.41, 5.74) is 3.06. The third-order valence-corrected chi connectivity index (χ3v) is 5.99. The summed E-state index contributed by atoms with van der Waals surface area (Å²) < 4.78 is 39.0. The molecular weight excluding hydrogens is 450 g/mol. The van der Waals surface area contributed by atoms with Gasteiger partial charge in [0.15, 0.2) is 0 Å². The molecule has 0 spiro atoms. The third-order valence-electron chi connectivity index (χ3n) is 5.99. The number of alkyl carbamates (subject to hydrolysis) is 1. The van der Waals surface area contributed by atoms with Crippen molar-refractivity contribution in [2.75, 3.05) is 32.8 Å². The van der Waals surface area contributed by atoms with Gasteiger partial charge in [0.25, 0.3) is 5.91 Å². The average Bonchev–Trinajstić information content (AvgIpc) is 3.11. The molecule has 2 aromatic carbocycles. The van der Waals surface area contributed by atoms with Gasteiger partial charge in [0.05, 0.1) is 19.6 Å². The topological polar surface area (TPSA) is 105 Å². The van der Waals surface area contributed by atoms with E-state index in [2.05, 4.69) is 0 Å². The number of nitrogens with zero attached hydrogens (tertiary/aromatic N) is 1. The van der Waals surface area contributed by atoms with Crippen molar-refractivity contribution in [2.24, 2.45) is 0 Å². The van der Waals surface area contributed by atoms with Crippen molar-refractivity contribution in [1.29, 1.82) is 0 Å². The Hall–Kier alpha value is -3.53. The number of hydrogen-bond donors (Lipinski definition) is 2. The number of carboxylic acid groups (broad SMARTS) is 1. The van der Waals surface area contributed by atoms with Crippen molar-refractivity contribution in [3.05, 3.63) is 59.7 Å². The highest BCUT2D eigenvalue weighted by molar-refractivity contribution is 5.85. The lowest BCUT2D eigenvalue weighted by Crippen LogP contribution is -2.67. The van der Waals surface area contributed by atoms with E-state index in [-0.39, 0.29) is 25.6 Å². The highest BCUT2D eigenvalue weighted by Gasteiger charge is 2.51. The van der Waals surface area contributed by atoms with Crippen LogP contribution in [0.4, 0.5) is 13.6 Å². The molecule has 0 saturated carbocycles. The second-order valence-electron chi connectivity index (χ2n) is 8.68. The molecule has 1 fully saturated rings. The molecule has 0 bridgehead atoms. The average molecular weight is 474 g/mol. The van der Waals surface area contributed by atoms with E-state index in [1.165, 1.54) is 6.92 Å². The van der Waals surface area contributed by atoms with Gasteiger partial charge in [-0.1, -0.05) is 48.5 Å². The Bertz CT molecular complexity index is 1070. The summed E-state index contributed by atoms with van der Waals surface area (Å²) in [6.07, 6.45) is -1.05. The van der Waals surface area contributed by atoms with Gasteiger partial charge >= 0.3 is 18.0 Å². The molecule has 34 heavy (non-hydrogen) atoms. The molecule has 1 heterocycles. The molecule has 1 aliphatic heterocycles. The number of halogens is 2. The number of carboxylic acids is 1. The Morgan fingerprint density at radius 3 is 2.21 bits per heavy atom. The zero-order valence-electron chi connectivity index (χ0n) is 18.4. The number of likely N-dealkylation sites (tertiary alicyclic amines) is 1. The van der Waals surface area contributed by atoms with E-state index in [4.69, 9.17) is 14.6 Å². The van der Waals surface area contributed by atoms with E-state index < -0.39 is 42.6 Å². The molecule has 180 valence electrons. The van der Waals surface area contributed by atoms with Crippen molar-refractivity contribution in [1.82, 2.24) is 10.2 Å². The Labute approximate surface area is 194 Å². The summed E-state index contributed by atoms with van der Waals surface area (Å²) in [6.45, 7) is -0.638. The Balaban J connectivity index is 1.28. The molecule has 0 radical (unpaired) electrons. The summed E-state index contributed by atoms with van der Waals surface area (Å²) in [5.74, 6) is -6.73. The molecule has 10 heteroatoms. The highest BCUT2D eigenvalue weighted by atomic mass is 19.3. The van der Waals surface area contributed by atoms with Gasteiger partial charge in [-0.15, -0.1) is 0 Å². The molecule has 0 atom stereocenters. The number of alkyl halides is 2. The van der Waals surface area contributed by atoms with Gasteiger partial charge in [-0.3, -0.25) is 4.79 Å². The lowest BCUT2D eigenvalue weighted by Gasteiger charge is -2.47. The normalized spacial score (nSPS) is 16.3. The number of benzene rings is 2. The van der Waals surface area contributed by atoms with Crippen molar-refractivity contribution in [2.45, 2.75) is 24.4 Å². The zero-order chi connectivity index (χ0) is 24.5. The van der Waals surface area contributed by atoms with E-state index in [0.717, 1.165) is 27.2 Å². The van der Waals surface area contributed by atoms with Gasteiger partial charge in [0.1, 0.15) is 18.8 Å². The smallest absolute Gasteiger partial charge is 0.407 e. The first-order valence-electron chi connectivity index (χ1n) is 10.7. The summed E-state index contributed by atoms with van der Waals surface area (Å²) >= 11 is 0. The molecule has 1 aliphatic carbocycles. The molecule has 2 amide bonds. The van der Waals surface area contributed by atoms with E-state index in [9.17, 15) is 23.2 Å². The standard InChI is InChI=1S/C24H24F2N2O6/c1-23(34-11-20(29)30)13-28(14-23)21(31)24(25,26)12-27-22(32)33-10-19-17-8-4-2-6-15(17)16-7-3-5-9-18(16)19/h2-9,19H,10-14H2,1H3,(H,27,32)(H,29,30). The largest absolute Gasteiger partial charge is 0.480 e. The van der Waals surface area contributed by atoms with Crippen LogP contribution >= 0.6 is 0 Å². The Morgan fingerprint density at radius 1 is 1.09 bits per heavy atom. The minimum Gasteiger partial charge on any atom is -0.480 e. The van der Waals surface area contributed by atoms with Gasteiger partial charge in [-0.2, -0.15) is 8.78 Å². The van der Waals surface area contributed by atoms with Crippen LogP contribution in [0.2, 0.25) is 0 Å². The number of ether oxygens (including phenoxy) is 2. The maximum Gasteiger partial charge on any atom is 0.407 e. The van der Waals surface area contributed by atoms with Gasteiger partial charge in [0, 0.05) is 5.92 Å². The van der Waals surface area contributed by atoms with Crippen molar-refractivity contribution in [3.63, 3.8) is 0 Å². The Kier molecular flexibility index (Phi) is 6.26. The molecule has 2 N–H and O–H groups in total. The number of carbonyl (C=O) groups excluding carboxylic acids is 2. The van der Waals surface area contributed by atoms with Gasteiger partial charge in [0.2, 0.25) is 0 Å². The van der Waals surface area contributed by atoms with Crippen LogP contribution < -0.4 is 5.32 Å². The first-order valence-corrected chi connectivity index (χ1v) is 10.7. The van der Waals surface area contributed by atoms with Crippen molar-refractivity contribution < 1.29 is 37.7 Å². The zero-order valence-corrected chi connectivity index (χ0v) is 18.4. The molecule has 1 saturated heterocycles. The van der Waals surface area contributed by atoms with Crippen LogP contribution in [0.3, 0.4) is 0 Å².